The van der Waals surface area contributed by atoms with Crippen LogP contribution in [0.5, 0.6) is 0 Å². The van der Waals surface area contributed by atoms with Crippen molar-refractivity contribution in [2.24, 2.45) is 17.6 Å². The third-order valence-electron chi connectivity index (χ3n) is 8.05. The second kappa shape index (κ2) is 19.1. The summed E-state index contributed by atoms with van der Waals surface area (Å²) >= 11 is 0. The molecule has 0 aliphatic carbocycles. The van der Waals surface area contributed by atoms with Crippen molar-refractivity contribution in [3.05, 3.63) is 0 Å². The zero-order valence-corrected chi connectivity index (χ0v) is 29.0. The number of ketones is 1. The van der Waals surface area contributed by atoms with Gasteiger partial charge >= 0.3 is 5.97 Å². The summed E-state index contributed by atoms with van der Waals surface area (Å²) in [6.07, 6.45) is -0.799. The van der Waals surface area contributed by atoms with Crippen LogP contribution in [0, 0.1) is 11.8 Å². The maximum atomic E-state index is 13.3. The van der Waals surface area contributed by atoms with Crippen LogP contribution in [-0.4, -0.2) is 143 Å². The van der Waals surface area contributed by atoms with Gasteiger partial charge in [-0.05, 0) is 46.1 Å². The highest BCUT2D eigenvalue weighted by molar-refractivity contribution is 5.96. The summed E-state index contributed by atoms with van der Waals surface area (Å²) in [5, 5.41) is 27.2. The van der Waals surface area contributed by atoms with Crippen molar-refractivity contribution in [1.82, 2.24) is 30.7 Å². The highest BCUT2D eigenvalue weighted by atomic mass is 16.4. The van der Waals surface area contributed by atoms with E-state index in [1.807, 2.05) is 0 Å². The summed E-state index contributed by atoms with van der Waals surface area (Å²) in [4.78, 5) is 92.8. The molecule has 5 amide bonds. The maximum Gasteiger partial charge on any atom is 0.325 e. The number of hydrogen-bond acceptors (Lipinski definition) is 10. The van der Waals surface area contributed by atoms with Crippen molar-refractivity contribution in [2.45, 2.75) is 104 Å². The van der Waals surface area contributed by atoms with Crippen molar-refractivity contribution in [3.63, 3.8) is 0 Å². The molecule has 0 aromatic carbocycles. The average Bonchev–Trinajstić information content (AvgIpc) is 3.00. The van der Waals surface area contributed by atoms with Crippen LogP contribution in [0.2, 0.25) is 0 Å². The smallest absolute Gasteiger partial charge is 0.325 e. The number of aliphatic hydroxyl groups excluding tert-OH is 1. The Balaban J connectivity index is 5.83. The van der Waals surface area contributed by atoms with Crippen LogP contribution >= 0.6 is 0 Å². The number of nitrogens with two attached hydrogens (primary N) is 1. The van der Waals surface area contributed by atoms with Gasteiger partial charge in [0.2, 0.25) is 29.5 Å². The number of rotatable bonds is 19. The van der Waals surface area contributed by atoms with Gasteiger partial charge in [0, 0.05) is 14.1 Å². The zero-order chi connectivity index (χ0) is 36.2. The summed E-state index contributed by atoms with van der Waals surface area (Å²) < 4.78 is 0. The molecule has 0 bridgehead atoms. The average molecular weight is 658 g/mol. The Morgan fingerprint density at radius 3 is 1.67 bits per heavy atom. The molecular formula is C30H55N7O9. The van der Waals surface area contributed by atoms with Gasteiger partial charge in [-0.2, -0.15) is 0 Å². The Morgan fingerprint density at radius 1 is 0.739 bits per heavy atom. The molecule has 0 aromatic rings. The molecule has 7 atom stereocenters. The molecular weight excluding hydrogens is 602 g/mol. The van der Waals surface area contributed by atoms with Gasteiger partial charge in [-0.1, -0.05) is 34.6 Å². The SMILES string of the molecule is CC[C@H](N)C(=O)N(CC(=O)[C@@H](NC)[C@H](O)C(C)C)CC(=O)N(C)[C@@H](C)C(=O)N[C@H](C(=O)N(C)[C@@H](C)C(=O)N[C@@H](C)C(=O)O)C(C)C. The standard InChI is InChI=1S/C30H55N7O9/c1-12-20(31)28(43)37(13-21(38)24(32-9)25(40)16(4)5)14-22(39)35(10)18(7)27(42)34-23(15(2)3)29(44)36(11)19(8)26(41)33-17(6)30(45)46/h15-20,23-25,32,40H,12-14,31H2,1-11H3,(H,33,41)(H,34,42)(H,45,46)/t17-,18-,19-,20-,23-,24+,25+/m0/s1. The molecule has 16 nitrogen and oxygen atoms in total. The molecule has 0 aliphatic heterocycles. The van der Waals surface area contributed by atoms with Gasteiger partial charge in [0.1, 0.15) is 30.7 Å². The number of Topliss-reactive ketones (excluding diaryl/α,β-unsaturated/α-hetero) is 1. The Bertz CT molecular complexity index is 1100. The van der Waals surface area contributed by atoms with Crippen LogP contribution in [0.1, 0.15) is 61.8 Å². The van der Waals surface area contributed by atoms with Crippen LogP contribution in [0.25, 0.3) is 0 Å². The number of likely N-dealkylation sites (N-methyl/N-ethyl adjacent to an activating group) is 3. The number of nitrogens with one attached hydrogen (secondary N) is 3. The first-order chi connectivity index (χ1) is 21.1. The van der Waals surface area contributed by atoms with Gasteiger partial charge in [0.05, 0.1) is 24.7 Å². The number of carboxylic acids is 1. The molecule has 0 aliphatic rings. The lowest BCUT2D eigenvalue weighted by Crippen LogP contribution is -2.59. The summed E-state index contributed by atoms with van der Waals surface area (Å²) in [5.74, 6) is -5.79. The Kier molecular flexibility index (Phi) is 17.6. The fourth-order valence-electron chi connectivity index (χ4n) is 4.25. The lowest BCUT2D eigenvalue weighted by atomic mass is 9.96. The summed E-state index contributed by atoms with van der Waals surface area (Å²) in [6.45, 7) is 11.6. The molecule has 0 unspecified atom stereocenters. The number of amides is 5. The number of carboxylic acid groups (broad SMARTS) is 1. The summed E-state index contributed by atoms with van der Waals surface area (Å²) in [7, 11) is 4.19. The minimum atomic E-state index is -1.24. The highest BCUT2D eigenvalue weighted by Crippen LogP contribution is 2.12. The van der Waals surface area contributed by atoms with Crippen molar-refractivity contribution in [2.75, 3.05) is 34.2 Å². The Hall–Kier alpha value is -3.63. The van der Waals surface area contributed by atoms with E-state index >= 15 is 0 Å². The zero-order valence-electron chi connectivity index (χ0n) is 29.0. The second-order valence-electron chi connectivity index (χ2n) is 12.3. The maximum absolute atomic E-state index is 13.3. The van der Waals surface area contributed by atoms with E-state index < -0.39 is 103 Å². The van der Waals surface area contributed by atoms with E-state index in [1.165, 1.54) is 41.9 Å². The molecule has 0 radical (unpaired) electrons. The fraction of sp³-hybridized carbons (Fsp3) is 0.767. The van der Waals surface area contributed by atoms with Gasteiger partial charge < -0.3 is 46.6 Å². The van der Waals surface area contributed by atoms with Crippen molar-refractivity contribution >= 4 is 41.3 Å². The largest absolute Gasteiger partial charge is 0.480 e. The molecule has 0 spiro atoms. The van der Waals surface area contributed by atoms with E-state index in [0.29, 0.717) is 0 Å². The van der Waals surface area contributed by atoms with Crippen LogP contribution in [0.15, 0.2) is 0 Å². The summed E-state index contributed by atoms with van der Waals surface area (Å²) in [5.41, 5.74) is 5.94. The van der Waals surface area contributed by atoms with Crippen molar-refractivity contribution in [1.29, 1.82) is 0 Å². The van der Waals surface area contributed by atoms with Gasteiger partial charge in [-0.25, -0.2) is 0 Å². The molecule has 46 heavy (non-hydrogen) atoms. The van der Waals surface area contributed by atoms with Crippen LogP contribution in [0.4, 0.5) is 0 Å². The number of nitrogens with zero attached hydrogens (tertiary/aromatic N) is 3. The highest BCUT2D eigenvalue weighted by Gasteiger charge is 2.36. The van der Waals surface area contributed by atoms with Crippen LogP contribution < -0.4 is 21.7 Å². The van der Waals surface area contributed by atoms with Gasteiger partial charge in [0.15, 0.2) is 5.78 Å². The van der Waals surface area contributed by atoms with Gasteiger partial charge in [-0.15, -0.1) is 0 Å². The normalized spacial score (nSPS) is 15.9. The first-order valence-corrected chi connectivity index (χ1v) is 15.4. The first-order valence-electron chi connectivity index (χ1n) is 15.4. The molecule has 0 saturated carbocycles. The quantitative estimate of drug-likeness (QED) is 0.0903. The van der Waals surface area contributed by atoms with E-state index in [0.717, 1.165) is 14.7 Å². The fourth-order valence-corrected chi connectivity index (χ4v) is 4.25. The lowest BCUT2D eigenvalue weighted by Gasteiger charge is -2.33. The topological polar surface area (TPSA) is 232 Å². The monoisotopic (exact) mass is 657 g/mol. The van der Waals surface area contributed by atoms with Crippen LogP contribution in [0.3, 0.4) is 0 Å². The number of carbonyl (C=O) groups is 7. The minimum Gasteiger partial charge on any atom is -0.480 e. The lowest BCUT2D eigenvalue weighted by molar-refractivity contribution is -0.147. The first kappa shape index (κ1) is 42.4. The molecule has 7 N–H and O–H groups in total. The van der Waals surface area contributed by atoms with E-state index in [9.17, 15) is 38.7 Å². The third kappa shape index (κ3) is 11.9. The van der Waals surface area contributed by atoms with Crippen molar-refractivity contribution in [3.8, 4) is 0 Å². The predicted molar refractivity (Wildman–Crippen MR) is 170 cm³/mol. The Labute approximate surface area is 271 Å². The minimum absolute atomic E-state index is 0.244. The Morgan fingerprint density at radius 2 is 1.24 bits per heavy atom. The van der Waals surface area contributed by atoms with Crippen molar-refractivity contribution < 1.29 is 43.8 Å². The number of carbonyl (C=O) groups excluding carboxylic acids is 6. The number of hydrogen-bond donors (Lipinski definition) is 6. The molecule has 0 saturated heterocycles. The van der Waals surface area contributed by atoms with E-state index in [1.54, 1.807) is 34.6 Å². The molecule has 16 heteroatoms. The predicted octanol–water partition coefficient (Wildman–Crippen LogP) is -1.85. The summed E-state index contributed by atoms with van der Waals surface area (Å²) in [6, 6.07) is -6.43. The molecule has 264 valence electrons. The van der Waals surface area contributed by atoms with Gasteiger partial charge in [-0.3, -0.25) is 33.6 Å². The third-order valence-corrected chi connectivity index (χ3v) is 8.05. The van der Waals surface area contributed by atoms with Crippen LogP contribution in [-0.2, 0) is 33.6 Å². The van der Waals surface area contributed by atoms with E-state index in [-0.39, 0.29) is 12.3 Å². The van der Waals surface area contributed by atoms with E-state index in [2.05, 4.69) is 16.0 Å². The molecule has 0 aromatic heterocycles. The number of aliphatic hydroxyl groups is 1. The molecule has 0 fully saturated rings. The molecule has 0 heterocycles. The second-order valence-corrected chi connectivity index (χ2v) is 12.3. The van der Waals surface area contributed by atoms with E-state index in [4.69, 9.17) is 10.8 Å². The van der Waals surface area contributed by atoms with Gasteiger partial charge in [0.25, 0.3) is 0 Å². The molecule has 0 rings (SSSR count). The number of aliphatic carboxylic acids is 1.